The number of ether oxygens (including phenoxy) is 2. The van der Waals surface area contributed by atoms with Crippen LogP contribution in [0, 0.1) is 0 Å². The second-order valence-corrected chi connectivity index (χ2v) is 4.07. The van der Waals surface area contributed by atoms with E-state index in [1.54, 1.807) is 14.2 Å². The summed E-state index contributed by atoms with van der Waals surface area (Å²) in [4.78, 5) is 0. The van der Waals surface area contributed by atoms with Crippen LogP contribution in [0.4, 0.5) is 0 Å². The minimum atomic E-state index is 0.742. The first-order valence-electron chi connectivity index (χ1n) is 6.34. The van der Waals surface area contributed by atoms with Crippen molar-refractivity contribution in [3.63, 3.8) is 0 Å². The molecule has 0 atom stereocenters. The summed E-state index contributed by atoms with van der Waals surface area (Å²) in [5.41, 5.74) is 2.49. The van der Waals surface area contributed by atoms with Crippen LogP contribution in [0.5, 0.6) is 5.75 Å². The zero-order valence-corrected chi connectivity index (χ0v) is 11.5. The lowest BCUT2D eigenvalue weighted by Gasteiger charge is -2.09. The number of nitrogens with one attached hydrogen (secondary N) is 1. The maximum Gasteiger partial charge on any atom is 0.126 e. The molecule has 3 heteroatoms. The van der Waals surface area contributed by atoms with Gasteiger partial charge in [-0.15, -0.1) is 0 Å². The SMILES string of the molecule is CCC(=Cc1ccccc1OC)CNCCOC. The summed E-state index contributed by atoms with van der Waals surface area (Å²) < 4.78 is 10.4. The summed E-state index contributed by atoms with van der Waals surface area (Å²) in [6.07, 6.45) is 3.22. The predicted molar refractivity (Wildman–Crippen MR) is 76.0 cm³/mol. The monoisotopic (exact) mass is 249 g/mol. The molecule has 0 bridgehead atoms. The summed E-state index contributed by atoms with van der Waals surface area (Å²) in [7, 11) is 3.42. The van der Waals surface area contributed by atoms with E-state index in [-0.39, 0.29) is 0 Å². The molecule has 1 aromatic rings. The fourth-order valence-electron chi connectivity index (χ4n) is 1.71. The molecule has 0 aromatic heterocycles. The van der Waals surface area contributed by atoms with Crippen molar-refractivity contribution < 1.29 is 9.47 Å². The van der Waals surface area contributed by atoms with Crippen molar-refractivity contribution >= 4 is 6.08 Å². The zero-order chi connectivity index (χ0) is 13.2. The Bertz CT molecular complexity index is 375. The van der Waals surface area contributed by atoms with E-state index in [1.165, 1.54) is 5.57 Å². The van der Waals surface area contributed by atoms with E-state index in [4.69, 9.17) is 9.47 Å². The maximum absolute atomic E-state index is 5.35. The molecule has 0 saturated carbocycles. The van der Waals surface area contributed by atoms with Crippen LogP contribution in [0.15, 0.2) is 29.8 Å². The summed E-state index contributed by atoms with van der Waals surface area (Å²) in [6, 6.07) is 8.07. The lowest BCUT2D eigenvalue weighted by atomic mass is 10.1. The van der Waals surface area contributed by atoms with Gasteiger partial charge in [-0.2, -0.15) is 0 Å². The van der Waals surface area contributed by atoms with Crippen molar-refractivity contribution in [2.45, 2.75) is 13.3 Å². The highest BCUT2D eigenvalue weighted by Gasteiger charge is 2.00. The van der Waals surface area contributed by atoms with Crippen LogP contribution < -0.4 is 10.1 Å². The van der Waals surface area contributed by atoms with Gasteiger partial charge in [0.15, 0.2) is 0 Å². The zero-order valence-electron chi connectivity index (χ0n) is 11.5. The summed E-state index contributed by atoms with van der Waals surface area (Å²) in [5, 5.41) is 3.36. The molecular weight excluding hydrogens is 226 g/mol. The van der Waals surface area contributed by atoms with E-state index in [1.807, 2.05) is 18.2 Å². The van der Waals surface area contributed by atoms with Crippen LogP contribution >= 0.6 is 0 Å². The van der Waals surface area contributed by atoms with Gasteiger partial charge in [0.2, 0.25) is 0 Å². The molecule has 1 aromatic carbocycles. The first kappa shape index (κ1) is 14.7. The van der Waals surface area contributed by atoms with Gasteiger partial charge in [-0.25, -0.2) is 0 Å². The Morgan fingerprint density at radius 2 is 2.06 bits per heavy atom. The van der Waals surface area contributed by atoms with Crippen molar-refractivity contribution in [1.29, 1.82) is 0 Å². The number of hydrogen-bond donors (Lipinski definition) is 1. The molecule has 0 heterocycles. The lowest BCUT2D eigenvalue weighted by molar-refractivity contribution is 0.200. The summed E-state index contributed by atoms with van der Waals surface area (Å²) in [6.45, 7) is 4.67. The molecule has 18 heavy (non-hydrogen) atoms. The third-order valence-electron chi connectivity index (χ3n) is 2.79. The summed E-state index contributed by atoms with van der Waals surface area (Å²) in [5.74, 6) is 0.917. The molecule has 100 valence electrons. The van der Waals surface area contributed by atoms with Gasteiger partial charge < -0.3 is 14.8 Å². The third kappa shape index (κ3) is 4.90. The van der Waals surface area contributed by atoms with Gasteiger partial charge in [0.05, 0.1) is 13.7 Å². The van der Waals surface area contributed by atoms with E-state index in [0.717, 1.165) is 37.4 Å². The number of hydrogen-bond acceptors (Lipinski definition) is 3. The Labute approximate surface area is 110 Å². The largest absolute Gasteiger partial charge is 0.496 e. The van der Waals surface area contributed by atoms with Crippen LogP contribution in [0.25, 0.3) is 6.08 Å². The highest BCUT2D eigenvalue weighted by Crippen LogP contribution is 2.20. The number of para-hydroxylation sites is 1. The van der Waals surface area contributed by atoms with E-state index < -0.39 is 0 Å². The van der Waals surface area contributed by atoms with Gasteiger partial charge in [-0.3, -0.25) is 0 Å². The van der Waals surface area contributed by atoms with Crippen molar-refractivity contribution in [3.05, 3.63) is 35.4 Å². The standard InChI is InChI=1S/C15H23NO2/c1-4-13(12-16-9-10-17-2)11-14-7-5-6-8-15(14)18-3/h5-8,11,16H,4,9-10,12H2,1-3H3. The number of benzene rings is 1. The smallest absolute Gasteiger partial charge is 0.126 e. The van der Waals surface area contributed by atoms with Gasteiger partial charge in [-0.05, 0) is 12.5 Å². The maximum atomic E-state index is 5.35. The first-order chi connectivity index (χ1) is 8.81. The topological polar surface area (TPSA) is 30.5 Å². The van der Waals surface area contributed by atoms with Crippen molar-refractivity contribution in [3.8, 4) is 5.75 Å². The highest BCUT2D eigenvalue weighted by molar-refractivity contribution is 5.59. The predicted octanol–water partition coefficient (Wildman–Crippen LogP) is 2.72. The van der Waals surface area contributed by atoms with Gasteiger partial charge in [0.1, 0.15) is 5.75 Å². The molecule has 1 N–H and O–H groups in total. The minimum absolute atomic E-state index is 0.742. The van der Waals surface area contributed by atoms with Crippen LogP contribution in [0.1, 0.15) is 18.9 Å². The Morgan fingerprint density at radius 3 is 2.72 bits per heavy atom. The Kier molecular flexibility index (Phi) is 7.14. The van der Waals surface area contributed by atoms with Gasteiger partial charge >= 0.3 is 0 Å². The second kappa shape index (κ2) is 8.72. The fourth-order valence-corrected chi connectivity index (χ4v) is 1.71. The van der Waals surface area contributed by atoms with E-state index in [9.17, 15) is 0 Å². The van der Waals surface area contributed by atoms with E-state index in [2.05, 4.69) is 24.4 Å². The molecular formula is C15H23NO2. The molecule has 3 nitrogen and oxygen atoms in total. The molecule has 0 unspecified atom stereocenters. The van der Waals surface area contributed by atoms with Crippen LogP contribution in [0.3, 0.4) is 0 Å². The molecule has 0 radical (unpaired) electrons. The lowest BCUT2D eigenvalue weighted by Crippen LogP contribution is -2.21. The Hall–Kier alpha value is -1.32. The minimum Gasteiger partial charge on any atom is -0.496 e. The van der Waals surface area contributed by atoms with Crippen molar-refractivity contribution in [1.82, 2.24) is 5.32 Å². The fraction of sp³-hybridized carbons (Fsp3) is 0.467. The van der Waals surface area contributed by atoms with Crippen molar-refractivity contribution in [2.75, 3.05) is 33.9 Å². The van der Waals surface area contributed by atoms with Crippen molar-refractivity contribution in [2.24, 2.45) is 0 Å². The van der Waals surface area contributed by atoms with Crippen LogP contribution in [0.2, 0.25) is 0 Å². The molecule has 0 aliphatic heterocycles. The van der Waals surface area contributed by atoms with E-state index in [0.29, 0.717) is 0 Å². The first-order valence-corrected chi connectivity index (χ1v) is 6.34. The Balaban J connectivity index is 2.65. The number of methoxy groups -OCH3 is 2. The van der Waals surface area contributed by atoms with Crippen LogP contribution in [-0.2, 0) is 4.74 Å². The molecule has 0 saturated heterocycles. The Morgan fingerprint density at radius 1 is 1.28 bits per heavy atom. The molecule has 0 amide bonds. The molecule has 1 rings (SSSR count). The molecule has 0 aliphatic carbocycles. The van der Waals surface area contributed by atoms with Crippen LogP contribution in [-0.4, -0.2) is 33.9 Å². The molecule has 0 spiro atoms. The number of rotatable bonds is 8. The average Bonchev–Trinajstić information content (AvgIpc) is 2.42. The highest BCUT2D eigenvalue weighted by atomic mass is 16.5. The van der Waals surface area contributed by atoms with E-state index >= 15 is 0 Å². The quantitative estimate of drug-likeness (QED) is 0.719. The normalized spacial score (nSPS) is 11.6. The average molecular weight is 249 g/mol. The van der Waals surface area contributed by atoms with Gasteiger partial charge in [0, 0.05) is 25.8 Å². The second-order valence-electron chi connectivity index (χ2n) is 4.07. The van der Waals surface area contributed by atoms with Gasteiger partial charge in [0.25, 0.3) is 0 Å². The summed E-state index contributed by atoms with van der Waals surface area (Å²) >= 11 is 0. The molecule has 0 fully saturated rings. The molecule has 0 aliphatic rings. The van der Waals surface area contributed by atoms with Gasteiger partial charge in [-0.1, -0.05) is 36.8 Å². The third-order valence-corrected chi connectivity index (χ3v) is 2.79.